The Bertz CT molecular complexity index is 414. The molecule has 17 heavy (non-hydrogen) atoms. The second kappa shape index (κ2) is 4.29. The quantitative estimate of drug-likeness (QED) is 0.763. The van der Waals surface area contributed by atoms with Gasteiger partial charge in [-0.25, -0.2) is 0 Å². The topological polar surface area (TPSA) is 92.3 Å². The number of likely N-dealkylation sites (N-methyl/N-ethyl adjacent to an activating group) is 1. The summed E-state index contributed by atoms with van der Waals surface area (Å²) in [4.78, 5) is 12.7. The van der Waals surface area contributed by atoms with E-state index < -0.39 is 11.5 Å². The Morgan fingerprint density at radius 2 is 2.24 bits per heavy atom. The highest BCUT2D eigenvalue weighted by atomic mass is 16.3. The number of nitrogens with zero attached hydrogens (tertiary/aromatic N) is 3. The zero-order valence-corrected chi connectivity index (χ0v) is 9.76. The molecule has 0 saturated heterocycles. The van der Waals surface area contributed by atoms with Crippen LogP contribution in [0.15, 0.2) is 12.1 Å². The van der Waals surface area contributed by atoms with Gasteiger partial charge < -0.3 is 15.7 Å². The fourth-order valence-electron chi connectivity index (χ4n) is 1.93. The molecule has 0 atom stereocenters. The summed E-state index contributed by atoms with van der Waals surface area (Å²) in [6.45, 7) is 0.525. The number of aliphatic hydroxyl groups is 1. The summed E-state index contributed by atoms with van der Waals surface area (Å²) in [7, 11) is 1.84. The fourth-order valence-corrected chi connectivity index (χ4v) is 1.93. The molecule has 1 aliphatic rings. The van der Waals surface area contributed by atoms with Crippen LogP contribution in [0.25, 0.3) is 0 Å². The Hall–Kier alpha value is -1.69. The summed E-state index contributed by atoms with van der Waals surface area (Å²) in [5.41, 5.74) is 4.62. The summed E-state index contributed by atoms with van der Waals surface area (Å²) >= 11 is 0. The molecule has 0 bridgehead atoms. The second-order valence-electron chi connectivity index (χ2n) is 4.57. The van der Waals surface area contributed by atoms with E-state index in [0.717, 1.165) is 19.3 Å². The zero-order valence-electron chi connectivity index (χ0n) is 9.76. The molecule has 1 heterocycles. The van der Waals surface area contributed by atoms with Gasteiger partial charge in [0.15, 0.2) is 11.5 Å². The fraction of sp³-hybridized carbons (Fsp3) is 0.545. The summed E-state index contributed by atoms with van der Waals surface area (Å²) in [5, 5.41) is 17.7. The minimum atomic E-state index is -0.598. The number of aromatic nitrogens is 2. The van der Waals surface area contributed by atoms with E-state index in [1.165, 1.54) is 6.07 Å². The number of hydrogen-bond acceptors (Lipinski definition) is 5. The Morgan fingerprint density at radius 1 is 1.53 bits per heavy atom. The molecule has 0 unspecified atom stereocenters. The first-order valence-electron chi connectivity index (χ1n) is 5.57. The van der Waals surface area contributed by atoms with Crippen molar-refractivity contribution in [3.8, 4) is 0 Å². The van der Waals surface area contributed by atoms with Crippen molar-refractivity contribution in [1.29, 1.82) is 0 Å². The van der Waals surface area contributed by atoms with Crippen LogP contribution in [0.3, 0.4) is 0 Å². The van der Waals surface area contributed by atoms with Crippen LogP contribution in [0, 0.1) is 0 Å². The van der Waals surface area contributed by atoms with Gasteiger partial charge in [0, 0.05) is 13.6 Å². The molecule has 1 aromatic rings. The predicted molar refractivity (Wildman–Crippen MR) is 62.6 cm³/mol. The Kier molecular flexibility index (Phi) is 2.97. The first kappa shape index (κ1) is 11.8. The van der Waals surface area contributed by atoms with E-state index in [1.54, 1.807) is 6.07 Å². The van der Waals surface area contributed by atoms with Gasteiger partial charge in [0.25, 0.3) is 5.91 Å². The molecule has 0 spiro atoms. The molecule has 1 saturated carbocycles. The number of carbonyl (C=O) groups excluding carboxylic acids is 1. The van der Waals surface area contributed by atoms with Crippen molar-refractivity contribution in [1.82, 2.24) is 10.2 Å². The molecule has 3 N–H and O–H groups in total. The standard InChI is InChI=1S/C11H16N4O2/c1-15(7-11(17)5-2-6-11)9-4-3-8(10(12)16)13-14-9/h3-4,17H,2,5-7H2,1H3,(H2,12,16). The van der Waals surface area contributed by atoms with Crippen molar-refractivity contribution in [3.63, 3.8) is 0 Å². The summed E-state index contributed by atoms with van der Waals surface area (Å²) in [6, 6.07) is 3.21. The van der Waals surface area contributed by atoms with Gasteiger partial charge in [-0.05, 0) is 31.4 Å². The normalized spacial score (nSPS) is 17.3. The van der Waals surface area contributed by atoms with Crippen LogP contribution in [0.1, 0.15) is 29.8 Å². The number of nitrogens with two attached hydrogens (primary N) is 1. The van der Waals surface area contributed by atoms with Crippen molar-refractivity contribution >= 4 is 11.7 Å². The molecular formula is C11H16N4O2. The van der Waals surface area contributed by atoms with Crippen molar-refractivity contribution in [2.75, 3.05) is 18.5 Å². The molecule has 1 fully saturated rings. The maximum Gasteiger partial charge on any atom is 0.269 e. The lowest BCUT2D eigenvalue weighted by Gasteiger charge is -2.39. The molecule has 0 aliphatic heterocycles. The largest absolute Gasteiger partial charge is 0.388 e. The van der Waals surface area contributed by atoms with Gasteiger partial charge in [0.05, 0.1) is 5.60 Å². The molecule has 6 heteroatoms. The van der Waals surface area contributed by atoms with Gasteiger partial charge in [-0.3, -0.25) is 4.79 Å². The van der Waals surface area contributed by atoms with Crippen molar-refractivity contribution in [2.24, 2.45) is 5.73 Å². The van der Waals surface area contributed by atoms with E-state index in [4.69, 9.17) is 5.73 Å². The van der Waals surface area contributed by atoms with E-state index in [-0.39, 0.29) is 5.69 Å². The first-order chi connectivity index (χ1) is 8.00. The number of carbonyl (C=O) groups is 1. The van der Waals surface area contributed by atoms with E-state index in [9.17, 15) is 9.90 Å². The minimum Gasteiger partial charge on any atom is -0.388 e. The highest BCUT2D eigenvalue weighted by molar-refractivity contribution is 5.90. The molecule has 1 aromatic heterocycles. The zero-order chi connectivity index (χ0) is 12.5. The highest BCUT2D eigenvalue weighted by Gasteiger charge is 2.35. The summed E-state index contributed by atoms with van der Waals surface area (Å²) in [6.07, 6.45) is 2.71. The number of rotatable bonds is 4. The van der Waals surface area contributed by atoms with Crippen molar-refractivity contribution in [2.45, 2.75) is 24.9 Å². The van der Waals surface area contributed by atoms with Crippen LogP contribution in [0.5, 0.6) is 0 Å². The molecular weight excluding hydrogens is 220 g/mol. The second-order valence-corrected chi connectivity index (χ2v) is 4.57. The highest BCUT2D eigenvalue weighted by Crippen LogP contribution is 2.32. The molecule has 0 radical (unpaired) electrons. The predicted octanol–water partition coefficient (Wildman–Crippen LogP) is -0.0733. The third kappa shape index (κ3) is 2.52. The van der Waals surface area contributed by atoms with Gasteiger partial charge in [-0.1, -0.05) is 0 Å². The lowest BCUT2D eigenvalue weighted by molar-refractivity contribution is -0.0248. The van der Waals surface area contributed by atoms with Gasteiger partial charge >= 0.3 is 0 Å². The van der Waals surface area contributed by atoms with E-state index in [2.05, 4.69) is 10.2 Å². The maximum absolute atomic E-state index is 10.8. The summed E-state index contributed by atoms with van der Waals surface area (Å²) < 4.78 is 0. The monoisotopic (exact) mass is 236 g/mol. The number of primary amides is 1. The third-order valence-corrected chi connectivity index (χ3v) is 3.11. The van der Waals surface area contributed by atoms with Crippen LogP contribution in [-0.4, -0.2) is 40.4 Å². The average molecular weight is 236 g/mol. The van der Waals surface area contributed by atoms with Crippen LogP contribution in [0.2, 0.25) is 0 Å². The Labute approximate surface area is 99.4 Å². The van der Waals surface area contributed by atoms with Gasteiger partial charge in [0.1, 0.15) is 0 Å². The molecule has 2 rings (SSSR count). The van der Waals surface area contributed by atoms with Crippen LogP contribution < -0.4 is 10.6 Å². The first-order valence-corrected chi connectivity index (χ1v) is 5.57. The van der Waals surface area contributed by atoms with E-state index in [0.29, 0.717) is 12.4 Å². The van der Waals surface area contributed by atoms with E-state index >= 15 is 0 Å². The van der Waals surface area contributed by atoms with Crippen LogP contribution >= 0.6 is 0 Å². The molecule has 6 nitrogen and oxygen atoms in total. The Balaban J connectivity index is 2.03. The van der Waals surface area contributed by atoms with Crippen molar-refractivity contribution < 1.29 is 9.90 Å². The van der Waals surface area contributed by atoms with Gasteiger partial charge in [-0.2, -0.15) is 0 Å². The maximum atomic E-state index is 10.8. The smallest absolute Gasteiger partial charge is 0.269 e. The number of anilines is 1. The lowest BCUT2D eigenvalue weighted by Crippen LogP contribution is -2.47. The van der Waals surface area contributed by atoms with Crippen molar-refractivity contribution in [3.05, 3.63) is 17.8 Å². The van der Waals surface area contributed by atoms with Crippen LogP contribution in [-0.2, 0) is 0 Å². The third-order valence-electron chi connectivity index (χ3n) is 3.11. The number of amides is 1. The lowest BCUT2D eigenvalue weighted by atomic mass is 9.80. The Morgan fingerprint density at radius 3 is 2.65 bits per heavy atom. The average Bonchev–Trinajstić information content (AvgIpc) is 2.27. The number of hydrogen-bond donors (Lipinski definition) is 2. The SMILES string of the molecule is CN(CC1(O)CCC1)c1ccc(C(N)=O)nn1. The molecule has 92 valence electrons. The molecule has 1 amide bonds. The van der Waals surface area contributed by atoms with Gasteiger partial charge in [-0.15, -0.1) is 10.2 Å². The molecule has 1 aliphatic carbocycles. The molecule has 0 aromatic carbocycles. The van der Waals surface area contributed by atoms with Crippen LogP contribution in [0.4, 0.5) is 5.82 Å². The summed E-state index contributed by atoms with van der Waals surface area (Å²) in [5.74, 6) is 0.0275. The van der Waals surface area contributed by atoms with Gasteiger partial charge in [0.2, 0.25) is 0 Å². The minimum absolute atomic E-state index is 0.143. The van der Waals surface area contributed by atoms with E-state index in [1.807, 2.05) is 11.9 Å².